The molecule has 1 aromatic heterocycles. The van der Waals surface area contributed by atoms with Crippen molar-refractivity contribution in [1.82, 2.24) is 19.9 Å². The molecule has 10 nitrogen and oxygen atoms in total. The maximum Gasteiger partial charge on any atom is 0.339 e. The number of hydrogen-bond donors (Lipinski definition) is 5. The van der Waals surface area contributed by atoms with Crippen LogP contribution in [-0.2, 0) is 0 Å². The Hall–Kier alpha value is -3.14. The fraction of sp³-hybridized carbons (Fsp3) is 0.583. The summed E-state index contributed by atoms with van der Waals surface area (Å²) in [5, 5.41) is 29.1. The number of likely N-dealkylation sites (tertiary alicyclic amines) is 1. The van der Waals surface area contributed by atoms with Gasteiger partial charge in [-0.15, -0.1) is 0 Å². The molecule has 2 aliphatic rings. The fourth-order valence-corrected chi connectivity index (χ4v) is 4.85. The molecule has 4 rings (SSSR count). The van der Waals surface area contributed by atoms with Gasteiger partial charge in [0.2, 0.25) is 17.8 Å². The third-order valence-corrected chi connectivity index (χ3v) is 6.71. The van der Waals surface area contributed by atoms with Crippen LogP contribution in [0.2, 0.25) is 0 Å². The van der Waals surface area contributed by atoms with Crippen LogP contribution >= 0.6 is 0 Å². The average Bonchev–Trinajstić information content (AvgIpc) is 3.13. The summed E-state index contributed by atoms with van der Waals surface area (Å²) in [7, 11) is 0. The summed E-state index contributed by atoms with van der Waals surface area (Å²) >= 11 is 0. The Labute approximate surface area is 200 Å². The normalized spacial score (nSPS) is 19.5. The second-order valence-electron chi connectivity index (χ2n) is 9.11. The lowest BCUT2D eigenvalue weighted by molar-refractivity contribution is 0.0694. The van der Waals surface area contributed by atoms with E-state index < -0.39 is 5.97 Å². The number of nitrogens with zero attached hydrogens (tertiary/aromatic N) is 4. The van der Waals surface area contributed by atoms with Crippen LogP contribution in [0.5, 0.6) is 5.75 Å². The molecule has 0 spiro atoms. The van der Waals surface area contributed by atoms with Crippen molar-refractivity contribution >= 4 is 29.5 Å². The minimum atomic E-state index is -1.20. The van der Waals surface area contributed by atoms with Crippen LogP contribution in [0.1, 0.15) is 68.6 Å². The number of carbonyl (C=O) groups is 1. The highest BCUT2D eigenvalue weighted by molar-refractivity contribution is 5.92. The molecule has 1 aliphatic heterocycles. The second kappa shape index (κ2) is 11.3. The molecular weight excluding hydrogens is 434 g/mol. The smallest absolute Gasteiger partial charge is 0.339 e. The lowest BCUT2D eigenvalue weighted by Crippen LogP contribution is -2.35. The van der Waals surface area contributed by atoms with E-state index in [0.717, 1.165) is 38.9 Å². The van der Waals surface area contributed by atoms with E-state index in [1.165, 1.54) is 44.2 Å². The highest BCUT2D eigenvalue weighted by Crippen LogP contribution is 2.25. The first-order valence-corrected chi connectivity index (χ1v) is 12.4. The highest BCUT2D eigenvalue weighted by Gasteiger charge is 2.23. The Morgan fingerprint density at radius 1 is 1.03 bits per heavy atom. The lowest BCUT2D eigenvalue weighted by atomic mass is 10.1. The van der Waals surface area contributed by atoms with E-state index in [0.29, 0.717) is 35.6 Å². The van der Waals surface area contributed by atoms with E-state index in [2.05, 4.69) is 42.7 Å². The van der Waals surface area contributed by atoms with Gasteiger partial charge < -0.3 is 26.2 Å². The molecule has 1 saturated carbocycles. The lowest BCUT2D eigenvalue weighted by Gasteiger charge is -2.23. The maximum atomic E-state index is 11.4. The van der Waals surface area contributed by atoms with Crippen molar-refractivity contribution in [2.45, 2.75) is 70.4 Å². The van der Waals surface area contributed by atoms with E-state index in [-0.39, 0.29) is 11.3 Å². The van der Waals surface area contributed by atoms with Gasteiger partial charge in [0.05, 0.1) is 0 Å². The molecule has 2 fully saturated rings. The summed E-state index contributed by atoms with van der Waals surface area (Å²) in [6, 6.07) is 5.07. The monoisotopic (exact) mass is 469 g/mol. The molecule has 34 heavy (non-hydrogen) atoms. The Balaban J connectivity index is 1.54. The fourth-order valence-electron chi connectivity index (χ4n) is 4.85. The average molecular weight is 470 g/mol. The summed E-state index contributed by atoms with van der Waals surface area (Å²) in [5.74, 6) is -0.193. The number of phenols is 1. The third kappa shape index (κ3) is 6.25. The molecule has 0 bridgehead atoms. The first-order valence-electron chi connectivity index (χ1n) is 12.4. The van der Waals surface area contributed by atoms with Crippen molar-refractivity contribution in [3.8, 4) is 5.75 Å². The first-order chi connectivity index (χ1) is 16.5. The quantitative estimate of drug-likeness (QED) is 0.270. The zero-order valence-corrected chi connectivity index (χ0v) is 19.8. The number of likely N-dealkylation sites (N-methyl/N-ethyl adjacent to an activating group) is 1. The second-order valence-corrected chi connectivity index (χ2v) is 9.11. The molecule has 1 saturated heterocycles. The molecule has 1 unspecified atom stereocenters. The predicted molar refractivity (Wildman–Crippen MR) is 132 cm³/mol. The van der Waals surface area contributed by atoms with Crippen LogP contribution in [0, 0.1) is 0 Å². The predicted octanol–water partition coefficient (Wildman–Crippen LogP) is 4.05. The van der Waals surface area contributed by atoms with Crippen LogP contribution in [0.15, 0.2) is 18.2 Å². The van der Waals surface area contributed by atoms with Crippen molar-refractivity contribution in [3.63, 3.8) is 0 Å². The SMILES string of the molecule is CCN1CCCC1CNc1nc(Nc2ccc(O)c(C(=O)O)c2)nc(NC2CCCCCC2)n1. The van der Waals surface area contributed by atoms with Gasteiger partial charge in [-0.3, -0.25) is 4.90 Å². The van der Waals surface area contributed by atoms with Gasteiger partial charge in [0.15, 0.2) is 0 Å². The van der Waals surface area contributed by atoms with Crippen molar-refractivity contribution in [2.75, 3.05) is 35.6 Å². The largest absolute Gasteiger partial charge is 0.507 e. The summed E-state index contributed by atoms with van der Waals surface area (Å²) in [4.78, 5) is 27.6. The zero-order valence-electron chi connectivity index (χ0n) is 19.8. The molecule has 0 amide bonds. The number of carboxylic acid groups (broad SMARTS) is 1. The summed E-state index contributed by atoms with van der Waals surface area (Å²) in [6.45, 7) is 5.08. The maximum absolute atomic E-state index is 11.4. The van der Waals surface area contributed by atoms with Crippen molar-refractivity contribution in [3.05, 3.63) is 23.8 Å². The minimum absolute atomic E-state index is 0.185. The number of aromatic carboxylic acids is 1. The molecule has 0 radical (unpaired) electrons. The number of benzene rings is 1. The van der Waals surface area contributed by atoms with Gasteiger partial charge in [0.1, 0.15) is 11.3 Å². The minimum Gasteiger partial charge on any atom is -0.507 e. The Morgan fingerprint density at radius 3 is 2.50 bits per heavy atom. The molecule has 184 valence electrons. The summed E-state index contributed by atoms with van der Waals surface area (Å²) in [5.41, 5.74) is 0.288. The van der Waals surface area contributed by atoms with Crippen molar-refractivity contribution in [2.24, 2.45) is 0 Å². The molecule has 2 heterocycles. The van der Waals surface area contributed by atoms with Crippen LogP contribution in [0.4, 0.5) is 23.5 Å². The van der Waals surface area contributed by atoms with Gasteiger partial charge in [-0.2, -0.15) is 15.0 Å². The number of aromatic hydroxyl groups is 1. The molecular formula is C24H35N7O3. The molecule has 5 N–H and O–H groups in total. The van der Waals surface area contributed by atoms with Crippen LogP contribution in [-0.4, -0.2) is 67.8 Å². The van der Waals surface area contributed by atoms with Gasteiger partial charge in [-0.1, -0.05) is 32.6 Å². The molecule has 10 heteroatoms. The third-order valence-electron chi connectivity index (χ3n) is 6.71. The van der Waals surface area contributed by atoms with Gasteiger partial charge in [0, 0.05) is 24.3 Å². The van der Waals surface area contributed by atoms with Gasteiger partial charge in [-0.25, -0.2) is 4.79 Å². The van der Waals surface area contributed by atoms with Crippen LogP contribution in [0.3, 0.4) is 0 Å². The number of anilines is 4. The van der Waals surface area contributed by atoms with E-state index >= 15 is 0 Å². The van der Waals surface area contributed by atoms with Gasteiger partial charge in [0.25, 0.3) is 0 Å². The Morgan fingerprint density at radius 2 is 1.76 bits per heavy atom. The number of rotatable bonds is 9. The van der Waals surface area contributed by atoms with Gasteiger partial charge in [-0.05, 0) is 57.0 Å². The first kappa shape index (κ1) is 24.0. The topological polar surface area (TPSA) is 136 Å². The molecule has 1 aromatic carbocycles. The van der Waals surface area contributed by atoms with E-state index in [9.17, 15) is 15.0 Å². The number of nitrogens with one attached hydrogen (secondary N) is 3. The number of aromatic nitrogens is 3. The zero-order chi connectivity index (χ0) is 23.9. The molecule has 2 aromatic rings. The van der Waals surface area contributed by atoms with Crippen molar-refractivity contribution < 1.29 is 15.0 Å². The van der Waals surface area contributed by atoms with Crippen molar-refractivity contribution in [1.29, 1.82) is 0 Å². The number of carboxylic acids is 1. The highest BCUT2D eigenvalue weighted by atomic mass is 16.4. The molecule has 1 aliphatic carbocycles. The summed E-state index contributed by atoms with van der Waals surface area (Å²) in [6.07, 6.45) is 9.43. The summed E-state index contributed by atoms with van der Waals surface area (Å²) < 4.78 is 0. The van der Waals surface area contributed by atoms with E-state index in [4.69, 9.17) is 0 Å². The van der Waals surface area contributed by atoms with Crippen LogP contribution in [0.25, 0.3) is 0 Å². The Kier molecular flexibility index (Phi) is 7.99. The standard InChI is InChI=1S/C24H35N7O3/c1-2-31-13-7-10-18(31)15-25-22-28-23(26-16-8-5-3-4-6-9-16)30-24(29-22)27-17-11-12-20(32)19(14-17)21(33)34/h11-12,14,16,18,32H,2-10,13,15H2,1H3,(H,33,34)(H3,25,26,27,28,29,30). The number of hydrogen-bond acceptors (Lipinski definition) is 9. The van der Waals surface area contributed by atoms with Crippen LogP contribution < -0.4 is 16.0 Å². The van der Waals surface area contributed by atoms with E-state index in [1.54, 1.807) is 6.07 Å². The van der Waals surface area contributed by atoms with Gasteiger partial charge >= 0.3 is 5.97 Å². The molecule has 1 atom stereocenters. The van der Waals surface area contributed by atoms with E-state index in [1.807, 2.05) is 0 Å². The Bertz CT molecular complexity index is 979.